The number of para-hydroxylation sites is 2. The van der Waals surface area contributed by atoms with Crippen LogP contribution in [-0.4, -0.2) is 25.9 Å². The highest BCUT2D eigenvalue weighted by Crippen LogP contribution is 2.28. The molecule has 18 heavy (non-hydrogen) atoms. The zero-order chi connectivity index (χ0) is 13.0. The summed E-state index contributed by atoms with van der Waals surface area (Å²) >= 11 is 0. The van der Waals surface area contributed by atoms with Crippen LogP contribution < -0.4 is 10.1 Å². The maximum absolute atomic E-state index is 5.79. The van der Waals surface area contributed by atoms with Gasteiger partial charge >= 0.3 is 0 Å². The lowest BCUT2D eigenvalue weighted by Gasteiger charge is -2.33. The Kier molecular flexibility index (Phi) is 4.48. The third kappa shape index (κ3) is 3.16. The Hall–Kier alpha value is -1.22. The van der Waals surface area contributed by atoms with Crippen LogP contribution in [-0.2, 0) is 4.74 Å². The van der Waals surface area contributed by atoms with E-state index in [1.165, 1.54) is 0 Å². The summed E-state index contributed by atoms with van der Waals surface area (Å²) in [4.78, 5) is 0. The molecule has 0 aromatic heterocycles. The highest BCUT2D eigenvalue weighted by atomic mass is 16.5. The summed E-state index contributed by atoms with van der Waals surface area (Å²) in [5, 5.41) is 3.58. The lowest BCUT2D eigenvalue weighted by molar-refractivity contribution is -0.0161. The number of ether oxygens (including phenoxy) is 2. The molecule has 0 amide bonds. The van der Waals surface area contributed by atoms with Gasteiger partial charge in [-0.3, -0.25) is 0 Å². The van der Waals surface area contributed by atoms with Crippen molar-refractivity contribution in [1.82, 2.24) is 0 Å². The predicted molar refractivity (Wildman–Crippen MR) is 74.2 cm³/mol. The zero-order valence-electron chi connectivity index (χ0n) is 11.5. The smallest absolute Gasteiger partial charge is 0.141 e. The molecule has 2 unspecified atom stereocenters. The quantitative estimate of drug-likeness (QED) is 0.888. The van der Waals surface area contributed by atoms with E-state index in [1.807, 2.05) is 18.2 Å². The van der Waals surface area contributed by atoms with Crippen LogP contribution in [0.15, 0.2) is 24.3 Å². The normalized spacial score (nSPS) is 24.0. The first kappa shape index (κ1) is 13.2. The van der Waals surface area contributed by atoms with Gasteiger partial charge in [0.15, 0.2) is 0 Å². The van der Waals surface area contributed by atoms with Crippen molar-refractivity contribution in [2.45, 2.75) is 38.8 Å². The number of hydrogen-bond acceptors (Lipinski definition) is 3. The highest BCUT2D eigenvalue weighted by molar-refractivity contribution is 5.56. The minimum absolute atomic E-state index is 0.367. The van der Waals surface area contributed by atoms with E-state index in [4.69, 9.17) is 9.47 Å². The topological polar surface area (TPSA) is 30.5 Å². The van der Waals surface area contributed by atoms with Gasteiger partial charge in [-0.15, -0.1) is 0 Å². The summed E-state index contributed by atoms with van der Waals surface area (Å²) in [5.74, 6) is 1.48. The van der Waals surface area contributed by atoms with Crippen LogP contribution in [0.25, 0.3) is 0 Å². The molecule has 3 heteroatoms. The number of anilines is 1. The molecule has 1 heterocycles. The molecule has 0 spiro atoms. The van der Waals surface area contributed by atoms with Gasteiger partial charge in [-0.1, -0.05) is 26.0 Å². The van der Waals surface area contributed by atoms with Gasteiger partial charge < -0.3 is 14.8 Å². The van der Waals surface area contributed by atoms with Gasteiger partial charge in [0.1, 0.15) is 5.75 Å². The molecule has 1 aliphatic heterocycles. The minimum atomic E-state index is 0.367. The number of methoxy groups -OCH3 is 1. The van der Waals surface area contributed by atoms with E-state index < -0.39 is 0 Å². The van der Waals surface area contributed by atoms with Crippen molar-refractivity contribution in [2.75, 3.05) is 19.0 Å². The van der Waals surface area contributed by atoms with Crippen molar-refractivity contribution >= 4 is 5.69 Å². The van der Waals surface area contributed by atoms with Crippen LogP contribution in [0.5, 0.6) is 5.75 Å². The summed E-state index contributed by atoms with van der Waals surface area (Å²) in [5.41, 5.74) is 1.08. The fourth-order valence-electron chi connectivity index (χ4n) is 2.41. The molecule has 100 valence electrons. The Balaban J connectivity index is 2.00. The molecule has 0 aliphatic carbocycles. The Morgan fingerprint density at radius 1 is 1.33 bits per heavy atom. The standard InChI is InChI=1S/C15H23NO2/c1-11(2)15-10-12(8-9-18-15)16-13-6-4-5-7-14(13)17-3/h4-7,11-12,15-16H,8-10H2,1-3H3. The van der Waals surface area contributed by atoms with E-state index in [0.717, 1.165) is 30.9 Å². The van der Waals surface area contributed by atoms with E-state index in [-0.39, 0.29) is 0 Å². The lowest BCUT2D eigenvalue weighted by atomic mass is 9.95. The largest absolute Gasteiger partial charge is 0.495 e. The van der Waals surface area contributed by atoms with Crippen molar-refractivity contribution < 1.29 is 9.47 Å². The molecule has 2 rings (SSSR count). The SMILES string of the molecule is COc1ccccc1NC1CCOC(C(C)C)C1. The molecule has 0 radical (unpaired) electrons. The monoisotopic (exact) mass is 249 g/mol. The minimum Gasteiger partial charge on any atom is -0.495 e. The number of benzene rings is 1. The summed E-state index contributed by atoms with van der Waals surface area (Å²) in [6, 6.07) is 8.55. The average Bonchev–Trinajstić information content (AvgIpc) is 2.39. The predicted octanol–water partition coefficient (Wildman–Crippen LogP) is 3.31. The number of hydrogen-bond donors (Lipinski definition) is 1. The molecular weight excluding hydrogens is 226 g/mol. The Labute approximate surface area is 109 Å². The molecule has 1 aliphatic rings. The second-order valence-corrected chi connectivity index (χ2v) is 5.22. The first-order valence-electron chi connectivity index (χ1n) is 6.72. The second kappa shape index (κ2) is 6.10. The van der Waals surface area contributed by atoms with Gasteiger partial charge in [0.2, 0.25) is 0 Å². The average molecular weight is 249 g/mol. The highest BCUT2D eigenvalue weighted by Gasteiger charge is 2.25. The summed E-state index contributed by atoms with van der Waals surface area (Å²) in [6.07, 6.45) is 2.49. The molecule has 1 fully saturated rings. The van der Waals surface area contributed by atoms with Crippen LogP contribution in [0.4, 0.5) is 5.69 Å². The van der Waals surface area contributed by atoms with E-state index in [2.05, 4.69) is 25.2 Å². The van der Waals surface area contributed by atoms with Crippen LogP contribution in [0.3, 0.4) is 0 Å². The third-order valence-electron chi connectivity index (χ3n) is 3.53. The van der Waals surface area contributed by atoms with Gasteiger partial charge in [0, 0.05) is 12.6 Å². The van der Waals surface area contributed by atoms with Crippen molar-refractivity contribution in [3.63, 3.8) is 0 Å². The summed E-state index contributed by atoms with van der Waals surface area (Å²) < 4.78 is 11.2. The van der Waals surface area contributed by atoms with Crippen LogP contribution in [0.2, 0.25) is 0 Å². The van der Waals surface area contributed by atoms with Crippen molar-refractivity contribution in [1.29, 1.82) is 0 Å². The Morgan fingerprint density at radius 3 is 2.83 bits per heavy atom. The van der Waals surface area contributed by atoms with E-state index in [9.17, 15) is 0 Å². The second-order valence-electron chi connectivity index (χ2n) is 5.22. The van der Waals surface area contributed by atoms with Crippen LogP contribution >= 0.6 is 0 Å². The summed E-state index contributed by atoms with van der Waals surface area (Å²) in [7, 11) is 1.71. The molecule has 2 atom stereocenters. The van der Waals surface area contributed by atoms with E-state index >= 15 is 0 Å². The maximum Gasteiger partial charge on any atom is 0.141 e. The molecule has 0 bridgehead atoms. The molecule has 1 saturated heterocycles. The van der Waals surface area contributed by atoms with Crippen molar-refractivity contribution in [2.24, 2.45) is 5.92 Å². The lowest BCUT2D eigenvalue weighted by Crippen LogP contribution is -2.36. The van der Waals surface area contributed by atoms with Gasteiger partial charge in [-0.2, -0.15) is 0 Å². The van der Waals surface area contributed by atoms with E-state index in [0.29, 0.717) is 18.1 Å². The fourth-order valence-corrected chi connectivity index (χ4v) is 2.41. The number of nitrogens with one attached hydrogen (secondary N) is 1. The van der Waals surface area contributed by atoms with Crippen LogP contribution in [0.1, 0.15) is 26.7 Å². The van der Waals surface area contributed by atoms with Gasteiger partial charge in [0.05, 0.1) is 18.9 Å². The molecule has 3 nitrogen and oxygen atoms in total. The Morgan fingerprint density at radius 2 is 2.11 bits per heavy atom. The molecular formula is C15H23NO2. The van der Waals surface area contributed by atoms with Crippen molar-refractivity contribution in [3.05, 3.63) is 24.3 Å². The first-order chi connectivity index (χ1) is 8.70. The fraction of sp³-hybridized carbons (Fsp3) is 0.600. The maximum atomic E-state index is 5.79. The van der Waals surface area contributed by atoms with Crippen molar-refractivity contribution in [3.8, 4) is 5.75 Å². The molecule has 1 aromatic carbocycles. The third-order valence-corrected chi connectivity index (χ3v) is 3.53. The number of rotatable bonds is 4. The first-order valence-corrected chi connectivity index (χ1v) is 6.72. The van der Waals surface area contributed by atoms with E-state index in [1.54, 1.807) is 7.11 Å². The molecule has 0 saturated carbocycles. The molecule has 1 aromatic rings. The summed E-state index contributed by atoms with van der Waals surface area (Å²) in [6.45, 7) is 5.28. The van der Waals surface area contributed by atoms with Gasteiger partial charge in [0.25, 0.3) is 0 Å². The Bertz CT molecular complexity index is 379. The van der Waals surface area contributed by atoms with Crippen LogP contribution in [0, 0.1) is 5.92 Å². The van der Waals surface area contributed by atoms with Gasteiger partial charge in [-0.25, -0.2) is 0 Å². The molecule has 1 N–H and O–H groups in total. The van der Waals surface area contributed by atoms with Gasteiger partial charge in [-0.05, 0) is 30.9 Å². The zero-order valence-corrected chi connectivity index (χ0v) is 11.5.